The fourth-order valence-corrected chi connectivity index (χ4v) is 2.84. The summed E-state index contributed by atoms with van der Waals surface area (Å²) in [6, 6.07) is 7.88. The minimum Gasteiger partial charge on any atom is -0.497 e. The third-order valence-electron chi connectivity index (χ3n) is 4.30. The highest BCUT2D eigenvalue weighted by Crippen LogP contribution is 2.21. The second-order valence-electron chi connectivity index (χ2n) is 5.84. The summed E-state index contributed by atoms with van der Waals surface area (Å²) < 4.78 is 10.6. The molecule has 2 N–H and O–H groups in total. The van der Waals surface area contributed by atoms with Crippen LogP contribution in [0.3, 0.4) is 0 Å². The second kappa shape index (κ2) is 7.02. The van der Waals surface area contributed by atoms with E-state index in [0.29, 0.717) is 18.3 Å². The van der Waals surface area contributed by atoms with Crippen molar-refractivity contribution in [3.63, 3.8) is 0 Å². The summed E-state index contributed by atoms with van der Waals surface area (Å²) >= 11 is 0. The molecule has 1 saturated heterocycles. The maximum atomic E-state index is 12.3. The van der Waals surface area contributed by atoms with Gasteiger partial charge in [0.25, 0.3) is 5.91 Å². The molecule has 1 atom stereocenters. The molecule has 2 heterocycles. The van der Waals surface area contributed by atoms with E-state index in [1.807, 2.05) is 24.3 Å². The molecule has 1 aliphatic heterocycles. The predicted octanol–water partition coefficient (Wildman–Crippen LogP) is 1.63. The van der Waals surface area contributed by atoms with Crippen LogP contribution in [0, 0.1) is 0 Å². The number of carbonyl (C=O) groups is 1. The molecule has 124 valence electrons. The number of nitrogens with zero attached hydrogens (tertiary/aromatic N) is 1. The normalized spacial score (nSPS) is 17.1. The number of hydrogen-bond donors (Lipinski definition) is 2. The van der Waals surface area contributed by atoms with Crippen LogP contribution in [-0.2, 0) is 4.74 Å². The van der Waals surface area contributed by atoms with Crippen LogP contribution >= 0.6 is 0 Å². The molecule has 1 amide bonds. The number of rotatable bonds is 5. The van der Waals surface area contributed by atoms with Crippen LogP contribution in [0.4, 0.5) is 0 Å². The molecule has 0 spiro atoms. The van der Waals surface area contributed by atoms with Crippen molar-refractivity contribution >= 4 is 16.8 Å². The highest BCUT2D eigenvalue weighted by molar-refractivity contribution is 5.98. The first kappa shape index (κ1) is 15.8. The van der Waals surface area contributed by atoms with E-state index in [-0.39, 0.29) is 5.91 Å². The van der Waals surface area contributed by atoms with Crippen molar-refractivity contribution in [3.8, 4) is 5.75 Å². The van der Waals surface area contributed by atoms with E-state index in [1.165, 1.54) is 0 Å². The minimum absolute atomic E-state index is 0.0831. The summed E-state index contributed by atoms with van der Waals surface area (Å²) in [5.74, 6) is 0.688. The molecule has 0 unspecified atom stereocenters. The Morgan fingerprint density at radius 1 is 1.39 bits per heavy atom. The number of methoxy groups -OCH3 is 1. The Labute approximate surface area is 135 Å². The van der Waals surface area contributed by atoms with E-state index in [4.69, 9.17) is 9.47 Å². The molecule has 6 heteroatoms. The predicted molar refractivity (Wildman–Crippen MR) is 89.0 cm³/mol. The van der Waals surface area contributed by atoms with Crippen molar-refractivity contribution in [2.24, 2.45) is 0 Å². The molecule has 23 heavy (non-hydrogen) atoms. The van der Waals surface area contributed by atoms with Gasteiger partial charge in [-0.25, -0.2) is 0 Å². The zero-order valence-electron chi connectivity index (χ0n) is 13.6. The molecule has 1 fully saturated rings. The number of amides is 1. The average molecular weight is 317 g/mol. The molecular formula is C17H23N3O3. The molecular weight excluding hydrogens is 294 g/mol. The van der Waals surface area contributed by atoms with Gasteiger partial charge in [-0.2, -0.15) is 0 Å². The fourth-order valence-electron chi connectivity index (χ4n) is 2.84. The summed E-state index contributed by atoms with van der Waals surface area (Å²) in [4.78, 5) is 17.8. The largest absolute Gasteiger partial charge is 0.497 e. The fraction of sp³-hybridized carbons (Fsp3) is 0.471. The lowest BCUT2D eigenvalue weighted by molar-refractivity contribution is 0.0204. The Hall–Kier alpha value is -2.05. The van der Waals surface area contributed by atoms with Gasteiger partial charge in [-0.3, -0.25) is 9.69 Å². The van der Waals surface area contributed by atoms with E-state index >= 15 is 0 Å². The number of aromatic nitrogens is 1. The monoisotopic (exact) mass is 317 g/mol. The maximum Gasteiger partial charge on any atom is 0.267 e. The third kappa shape index (κ3) is 3.65. The summed E-state index contributed by atoms with van der Waals surface area (Å²) in [5, 5.41) is 4.00. The van der Waals surface area contributed by atoms with Crippen molar-refractivity contribution in [3.05, 3.63) is 30.0 Å². The zero-order valence-corrected chi connectivity index (χ0v) is 13.6. The highest BCUT2D eigenvalue weighted by Gasteiger charge is 2.18. The number of H-pyrrole nitrogens is 1. The highest BCUT2D eigenvalue weighted by atomic mass is 16.5. The van der Waals surface area contributed by atoms with Gasteiger partial charge in [-0.15, -0.1) is 0 Å². The number of morpholine rings is 1. The first-order valence-electron chi connectivity index (χ1n) is 7.94. The van der Waals surface area contributed by atoms with Gasteiger partial charge in [0.05, 0.1) is 20.3 Å². The molecule has 0 aliphatic carbocycles. The van der Waals surface area contributed by atoms with Crippen LogP contribution in [0.5, 0.6) is 5.75 Å². The molecule has 6 nitrogen and oxygen atoms in total. The Morgan fingerprint density at radius 3 is 2.91 bits per heavy atom. The number of benzene rings is 1. The smallest absolute Gasteiger partial charge is 0.267 e. The Balaban J connectivity index is 1.61. The molecule has 1 aliphatic rings. The minimum atomic E-state index is -0.0831. The second-order valence-corrected chi connectivity index (χ2v) is 5.84. The van der Waals surface area contributed by atoms with Gasteiger partial charge in [0.2, 0.25) is 0 Å². The molecule has 1 aromatic carbocycles. The van der Waals surface area contributed by atoms with Crippen LogP contribution in [0.2, 0.25) is 0 Å². The summed E-state index contributed by atoms with van der Waals surface area (Å²) in [6.07, 6.45) is 0. The topological polar surface area (TPSA) is 66.6 Å². The van der Waals surface area contributed by atoms with Crippen LogP contribution < -0.4 is 10.1 Å². The van der Waals surface area contributed by atoms with Gasteiger partial charge < -0.3 is 19.8 Å². The summed E-state index contributed by atoms with van der Waals surface area (Å²) in [6.45, 7) is 6.12. The van der Waals surface area contributed by atoms with E-state index in [9.17, 15) is 4.79 Å². The number of aromatic amines is 1. The Kier molecular flexibility index (Phi) is 4.83. The van der Waals surface area contributed by atoms with Gasteiger partial charge in [-0.1, -0.05) is 0 Å². The van der Waals surface area contributed by atoms with Gasteiger partial charge in [0.1, 0.15) is 11.4 Å². The van der Waals surface area contributed by atoms with Gasteiger partial charge >= 0.3 is 0 Å². The molecule has 0 bridgehead atoms. The third-order valence-corrected chi connectivity index (χ3v) is 4.30. The van der Waals surface area contributed by atoms with Crippen LogP contribution in [-0.4, -0.2) is 61.8 Å². The van der Waals surface area contributed by atoms with Crippen molar-refractivity contribution in [1.82, 2.24) is 15.2 Å². The Morgan fingerprint density at radius 2 is 2.17 bits per heavy atom. The molecule has 0 saturated carbocycles. The SMILES string of the molecule is COc1ccc2cc(C(=O)NC[C@@H](C)N3CCOCC3)[nH]c2c1. The summed E-state index contributed by atoms with van der Waals surface area (Å²) in [7, 11) is 1.63. The van der Waals surface area contributed by atoms with E-state index in [2.05, 4.69) is 22.1 Å². The summed E-state index contributed by atoms with van der Waals surface area (Å²) in [5.41, 5.74) is 1.47. The average Bonchev–Trinajstić information content (AvgIpc) is 3.03. The van der Waals surface area contributed by atoms with Gasteiger partial charge in [0, 0.05) is 42.6 Å². The van der Waals surface area contributed by atoms with E-state index < -0.39 is 0 Å². The van der Waals surface area contributed by atoms with E-state index in [0.717, 1.165) is 43.0 Å². The van der Waals surface area contributed by atoms with Gasteiger partial charge in [0.15, 0.2) is 0 Å². The van der Waals surface area contributed by atoms with Crippen molar-refractivity contribution < 1.29 is 14.3 Å². The van der Waals surface area contributed by atoms with Crippen molar-refractivity contribution in [1.29, 1.82) is 0 Å². The van der Waals surface area contributed by atoms with Crippen molar-refractivity contribution in [2.75, 3.05) is 40.0 Å². The number of ether oxygens (including phenoxy) is 2. The quantitative estimate of drug-likeness (QED) is 0.879. The number of hydrogen-bond acceptors (Lipinski definition) is 4. The lowest BCUT2D eigenvalue weighted by Crippen LogP contribution is -2.47. The number of fused-ring (bicyclic) bond motifs is 1. The van der Waals surface area contributed by atoms with Crippen LogP contribution in [0.1, 0.15) is 17.4 Å². The zero-order chi connectivity index (χ0) is 16.2. The maximum absolute atomic E-state index is 12.3. The van der Waals surface area contributed by atoms with Gasteiger partial charge in [-0.05, 0) is 25.1 Å². The first-order valence-corrected chi connectivity index (χ1v) is 7.94. The molecule has 2 aromatic rings. The van der Waals surface area contributed by atoms with E-state index in [1.54, 1.807) is 7.11 Å². The van der Waals surface area contributed by atoms with Crippen LogP contribution in [0.25, 0.3) is 10.9 Å². The number of carbonyl (C=O) groups excluding carboxylic acids is 1. The number of nitrogens with one attached hydrogen (secondary N) is 2. The Bertz CT molecular complexity index is 677. The molecule has 1 aromatic heterocycles. The van der Waals surface area contributed by atoms with Crippen molar-refractivity contribution in [2.45, 2.75) is 13.0 Å². The molecule has 3 rings (SSSR count). The first-order chi connectivity index (χ1) is 11.2. The lowest BCUT2D eigenvalue weighted by Gasteiger charge is -2.32. The molecule has 0 radical (unpaired) electrons. The standard InChI is InChI=1S/C17H23N3O3/c1-12(20-5-7-23-8-6-20)11-18-17(21)16-9-13-3-4-14(22-2)10-15(13)19-16/h3-4,9-10,12,19H,5-8,11H2,1-2H3,(H,18,21)/t12-/m1/s1. The van der Waals surface area contributed by atoms with Crippen LogP contribution in [0.15, 0.2) is 24.3 Å². The lowest BCUT2D eigenvalue weighted by atomic mass is 10.2.